The molecule has 0 spiro atoms. The maximum Gasteiger partial charge on any atom is 0.266 e. The van der Waals surface area contributed by atoms with Gasteiger partial charge in [0, 0.05) is 18.2 Å². The Balaban J connectivity index is 1.84. The second kappa shape index (κ2) is 7.16. The van der Waals surface area contributed by atoms with Gasteiger partial charge in [0.2, 0.25) is 0 Å². The first-order chi connectivity index (χ1) is 14.8. The number of sulfone groups is 1. The van der Waals surface area contributed by atoms with E-state index in [-0.39, 0.29) is 23.4 Å². The van der Waals surface area contributed by atoms with Crippen LogP contribution in [-0.4, -0.2) is 39.7 Å². The summed E-state index contributed by atoms with van der Waals surface area (Å²) in [5.41, 5.74) is 5.37. The highest BCUT2D eigenvalue weighted by atomic mass is 32.2. The van der Waals surface area contributed by atoms with Gasteiger partial charge in [-0.2, -0.15) is 0 Å². The molecule has 11 heteroatoms. The van der Waals surface area contributed by atoms with E-state index in [2.05, 4.69) is 19.9 Å². The summed E-state index contributed by atoms with van der Waals surface area (Å²) in [4.78, 5) is 26.8. The minimum atomic E-state index is -3.80. The van der Waals surface area contributed by atoms with Crippen molar-refractivity contribution >= 4 is 26.7 Å². The van der Waals surface area contributed by atoms with E-state index in [1.165, 1.54) is 33.0 Å². The molecule has 0 bridgehead atoms. The van der Waals surface area contributed by atoms with E-state index in [4.69, 9.17) is 5.73 Å². The van der Waals surface area contributed by atoms with Gasteiger partial charge in [0.25, 0.3) is 5.56 Å². The zero-order chi connectivity index (χ0) is 23.5. The van der Waals surface area contributed by atoms with E-state index in [0.717, 1.165) is 12.3 Å². The number of pyridine rings is 1. The van der Waals surface area contributed by atoms with Crippen molar-refractivity contribution in [1.82, 2.24) is 15.0 Å². The van der Waals surface area contributed by atoms with Gasteiger partial charge in [0.15, 0.2) is 21.5 Å². The highest BCUT2D eigenvalue weighted by Gasteiger charge is 2.49. The van der Waals surface area contributed by atoms with Crippen LogP contribution < -0.4 is 11.3 Å². The minimum Gasteiger partial charge on any atom is -0.386 e. The van der Waals surface area contributed by atoms with Crippen molar-refractivity contribution in [2.45, 2.75) is 37.5 Å². The molecule has 0 saturated heterocycles. The van der Waals surface area contributed by atoms with Crippen LogP contribution in [0.2, 0.25) is 0 Å². The van der Waals surface area contributed by atoms with Crippen LogP contribution in [0, 0.1) is 11.6 Å². The number of nitrogens with zero attached hydrogens (tertiary/aromatic N) is 3. The quantitative estimate of drug-likeness (QED) is 0.613. The van der Waals surface area contributed by atoms with E-state index < -0.39 is 37.5 Å². The van der Waals surface area contributed by atoms with E-state index in [1.807, 2.05) is 0 Å². The minimum absolute atomic E-state index is 0.0636. The van der Waals surface area contributed by atoms with Gasteiger partial charge in [0.05, 0.1) is 23.2 Å². The summed E-state index contributed by atoms with van der Waals surface area (Å²) in [5, 5.41) is 0. The number of fused-ring (bicyclic) bond motifs is 1. The largest absolute Gasteiger partial charge is 0.386 e. The summed E-state index contributed by atoms with van der Waals surface area (Å²) >= 11 is 0. The monoisotopic (exact) mass is 461 g/mol. The van der Waals surface area contributed by atoms with E-state index in [1.54, 1.807) is 6.07 Å². The van der Waals surface area contributed by atoms with Gasteiger partial charge in [-0.3, -0.25) is 14.8 Å². The third kappa shape index (κ3) is 3.46. The molecule has 1 aliphatic rings. The van der Waals surface area contributed by atoms with Crippen LogP contribution in [0.15, 0.2) is 40.4 Å². The molecular weight excluding hydrogens is 440 g/mol. The van der Waals surface area contributed by atoms with Crippen molar-refractivity contribution in [1.29, 1.82) is 0 Å². The zero-order valence-corrected chi connectivity index (χ0v) is 18.4. The molecule has 8 nitrogen and oxygen atoms in total. The summed E-state index contributed by atoms with van der Waals surface area (Å²) in [6, 6.07) is 3.97. The number of nitrogens with two attached hydrogens (primary N) is 1. The van der Waals surface area contributed by atoms with Crippen LogP contribution in [0.25, 0.3) is 11.0 Å². The molecule has 0 saturated carbocycles. The Labute approximate surface area is 182 Å². The van der Waals surface area contributed by atoms with Gasteiger partial charge in [-0.25, -0.2) is 22.2 Å². The lowest BCUT2D eigenvalue weighted by atomic mass is 9.90. The number of nitrogens with one attached hydrogen (secondary N) is 1. The number of rotatable bonds is 3. The molecule has 168 valence electrons. The molecule has 1 aliphatic heterocycles. The number of hydrogen-bond acceptors (Lipinski definition) is 7. The van der Waals surface area contributed by atoms with Crippen molar-refractivity contribution in [3.05, 3.63) is 69.4 Å². The fourth-order valence-electron chi connectivity index (χ4n) is 3.77. The summed E-state index contributed by atoms with van der Waals surface area (Å²) in [5.74, 6) is -3.02. The third-order valence-corrected chi connectivity index (χ3v) is 8.55. The molecule has 0 amide bonds. The smallest absolute Gasteiger partial charge is 0.266 e. The van der Waals surface area contributed by atoms with Crippen molar-refractivity contribution in [3.63, 3.8) is 0 Å². The van der Waals surface area contributed by atoms with E-state index in [9.17, 15) is 22.0 Å². The maximum atomic E-state index is 14.9. The lowest BCUT2D eigenvalue weighted by Crippen LogP contribution is -2.55. The molecule has 0 radical (unpaired) electrons. The van der Waals surface area contributed by atoms with Gasteiger partial charge in [-0.15, -0.1) is 0 Å². The molecular formula is C21H21F2N5O3S. The Morgan fingerprint density at radius 3 is 2.59 bits per heavy atom. The Morgan fingerprint density at radius 2 is 1.91 bits per heavy atom. The number of aromatic amines is 1. The highest BCUT2D eigenvalue weighted by molar-refractivity contribution is 7.93. The lowest BCUT2D eigenvalue weighted by Gasteiger charge is -2.38. The van der Waals surface area contributed by atoms with Crippen molar-refractivity contribution in [2.75, 3.05) is 5.75 Å². The second-order valence-corrected chi connectivity index (χ2v) is 11.1. The molecule has 1 aromatic carbocycles. The molecule has 4 rings (SSSR count). The average Bonchev–Trinajstić information content (AvgIpc) is 2.68. The molecule has 0 fully saturated rings. The number of H-pyrrole nitrogens is 1. The van der Waals surface area contributed by atoms with Gasteiger partial charge in [-0.05, 0) is 44.5 Å². The number of hydrogen-bond donors (Lipinski definition) is 2. The second-order valence-electron chi connectivity index (χ2n) is 8.56. The predicted molar refractivity (Wildman–Crippen MR) is 116 cm³/mol. The van der Waals surface area contributed by atoms with Gasteiger partial charge in [0.1, 0.15) is 21.6 Å². The molecule has 1 atom stereocenters. The van der Waals surface area contributed by atoms with Crippen molar-refractivity contribution in [3.8, 4) is 0 Å². The van der Waals surface area contributed by atoms with E-state index >= 15 is 0 Å². The summed E-state index contributed by atoms with van der Waals surface area (Å²) in [6.45, 7) is 4.27. The van der Waals surface area contributed by atoms with Gasteiger partial charge >= 0.3 is 0 Å². The number of halogens is 2. The Bertz CT molecular complexity index is 1450. The van der Waals surface area contributed by atoms with Crippen LogP contribution in [0.5, 0.6) is 0 Å². The summed E-state index contributed by atoms with van der Waals surface area (Å²) < 4.78 is 53.7. The molecule has 0 unspecified atom stereocenters. The topological polar surface area (TPSA) is 131 Å². The normalized spacial score (nSPS) is 22.0. The van der Waals surface area contributed by atoms with Crippen LogP contribution in [0.4, 0.5) is 8.78 Å². The standard InChI is InChI=1S/C21H21F2N5O3S/c1-20(2)19(24)28-21(3,10-32(20,30)31)12-6-11(7-13(22)17(12)23)8-15-18-14(4-5-25-15)27-16(29)9-26-18/h4-7,9H,8,10H2,1-3H3,(H2,24,28)(H,27,29)/t21-/m1/s1. The third-order valence-electron chi connectivity index (χ3n) is 5.84. The Morgan fingerprint density at radius 1 is 1.19 bits per heavy atom. The van der Waals surface area contributed by atoms with E-state index in [0.29, 0.717) is 22.3 Å². The first kappa shape index (κ1) is 22.0. The van der Waals surface area contributed by atoms with Crippen LogP contribution in [0.3, 0.4) is 0 Å². The summed E-state index contributed by atoms with van der Waals surface area (Å²) in [6.07, 6.45) is 2.64. The van der Waals surface area contributed by atoms with Crippen LogP contribution >= 0.6 is 0 Å². The number of amidine groups is 1. The van der Waals surface area contributed by atoms with Crippen molar-refractivity contribution in [2.24, 2.45) is 10.7 Å². The first-order valence-corrected chi connectivity index (χ1v) is 11.4. The Kier molecular flexibility index (Phi) is 4.92. The van der Waals surface area contributed by atoms with Crippen LogP contribution in [-0.2, 0) is 21.8 Å². The molecule has 3 aromatic rings. The predicted octanol–water partition coefficient (Wildman–Crippen LogP) is 1.97. The first-order valence-electron chi connectivity index (χ1n) is 9.73. The SMILES string of the molecule is CC1(C)C(N)=N[C@@](C)(c2cc(Cc3nccc4[nH]c(=O)cnc34)cc(F)c2F)CS1(=O)=O. The number of benzene rings is 1. The fourth-order valence-corrected chi connectivity index (χ4v) is 5.46. The highest BCUT2D eigenvalue weighted by Crippen LogP contribution is 2.38. The van der Waals surface area contributed by atoms with Gasteiger partial charge in [-0.1, -0.05) is 0 Å². The van der Waals surface area contributed by atoms with Crippen molar-refractivity contribution < 1.29 is 17.2 Å². The molecule has 2 aromatic heterocycles. The zero-order valence-electron chi connectivity index (χ0n) is 17.6. The maximum absolute atomic E-state index is 14.9. The molecule has 3 heterocycles. The molecule has 0 aliphatic carbocycles. The summed E-state index contributed by atoms with van der Waals surface area (Å²) in [7, 11) is -3.80. The lowest BCUT2D eigenvalue weighted by molar-refractivity contribution is 0.444. The molecule has 3 N–H and O–H groups in total. The fraction of sp³-hybridized carbons (Fsp3) is 0.333. The number of aliphatic imine (C=N–C) groups is 1. The Hall–Kier alpha value is -3.21. The molecule has 32 heavy (non-hydrogen) atoms. The average molecular weight is 461 g/mol. The van der Waals surface area contributed by atoms with Gasteiger partial charge < -0.3 is 10.7 Å². The number of aromatic nitrogens is 3. The van der Waals surface area contributed by atoms with Crippen LogP contribution in [0.1, 0.15) is 37.6 Å².